The zero-order chi connectivity index (χ0) is 26.7. The van der Waals surface area contributed by atoms with E-state index in [1.165, 1.54) is 12.1 Å². The van der Waals surface area contributed by atoms with Crippen LogP contribution in [-0.4, -0.2) is 68.4 Å². The van der Waals surface area contributed by atoms with E-state index in [-0.39, 0.29) is 11.7 Å². The van der Waals surface area contributed by atoms with Crippen molar-refractivity contribution in [2.24, 2.45) is 7.05 Å². The molecule has 4 heterocycles. The number of fused-ring (bicyclic) bond motifs is 1. The van der Waals surface area contributed by atoms with Crippen LogP contribution in [0.2, 0.25) is 0 Å². The molecule has 1 aliphatic rings. The Morgan fingerprint density at radius 1 is 0.946 bits per heavy atom. The van der Waals surface area contributed by atoms with Crippen molar-refractivity contribution in [3.05, 3.63) is 78.6 Å². The Hall–Kier alpha value is -4.35. The SMILES string of the molecule is Cn1cccc1C(=O)N1CCN(c2cnn3ccc(-c4ccc(F)cc4)cc23)CC1.O=C(O)C(F)(F)F. The standard InChI is InChI=1S/C23H22FN5O.C2HF3O2/c1-26-9-2-3-20(26)23(30)28-13-11-27(12-14-28)22-16-25-29-10-8-18(15-21(22)29)17-4-6-19(24)7-5-17;3-2(4,5)1(6)7/h2-10,15-16H,11-14H2,1H3;(H,6,7). The lowest BCUT2D eigenvalue weighted by Crippen LogP contribution is -2.49. The summed E-state index contributed by atoms with van der Waals surface area (Å²) in [6, 6.07) is 14.3. The van der Waals surface area contributed by atoms with Crippen molar-refractivity contribution in [1.82, 2.24) is 19.1 Å². The lowest BCUT2D eigenvalue weighted by Gasteiger charge is -2.35. The summed E-state index contributed by atoms with van der Waals surface area (Å²) in [4.78, 5) is 25.8. The molecular weight excluding hydrogens is 494 g/mol. The number of halogens is 4. The fourth-order valence-electron chi connectivity index (χ4n) is 4.03. The number of hydrogen-bond acceptors (Lipinski definition) is 4. The number of carbonyl (C=O) groups is 2. The number of piperazine rings is 1. The molecule has 194 valence electrons. The number of hydrogen-bond donors (Lipinski definition) is 1. The highest BCUT2D eigenvalue weighted by atomic mass is 19.4. The van der Waals surface area contributed by atoms with E-state index >= 15 is 0 Å². The number of pyridine rings is 1. The van der Waals surface area contributed by atoms with Gasteiger partial charge in [-0.2, -0.15) is 18.3 Å². The number of carbonyl (C=O) groups excluding carboxylic acids is 1. The zero-order valence-corrected chi connectivity index (χ0v) is 19.7. The summed E-state index contributed by atoms with van der Waals surface area (Å²) in [6.45, 7) is 2.83. The van der Waals surface area contributed by atoms with E-state index < -0.39 is 12.1 Å². The number of anilines is 1. The topological polar surface area (TPSA) is 83.1 Å². The molecule has 5 rings (SSSR count). The van der Waals surface area contributed by atoms with E-state index in [2.05, 4.69) is 16.1 Å². The fourth-order valence-corrected chi connectivity index (χ4v) is 4.03. The monoisotopic (exact) mass is 517 g/mol. The van der Waals surface area contributed by atoms with E-state index in [0.717, 1.165) is 35.4 Å². The number of benzene rings is 1. The van der Waals surface area contributed by atoms with Crippen LogP contribution in [0.3, 0.4) is 0 Å². The molecule has 0 bridgehead atoms. The molecular formula is C25H23F4N5O3. The van der Waals surface area contributed by atoms with Crippen LogP contribution in [-0.2, 0) is 11.8 Å². The highest BCUT2D eigenvalue weighted by Crippen LogP contribution is 2.28. The minimum Gasteiger partial charge on any atom is -0.475 e. The molecule has 0 atom stereocenters. The molecule has 1 aliphatic heterocycles. The molecule has 1 N–H and O–H groups in total. The minimum atomic E-state index is -5.08. The maximum absolute atomic E-state index is 13.3. The third-order valence-corrected chi connectivity index (χ3v) is 5.99. The van der Waals surface area contributed by atoms with Gasteiger partial charge in [-0.3, -0.25) is 4.79 Å². The van der Waals surface area contributed by atoms with Crippen molar-refractivity contribution in [1.29, 1.82) is 0 Å². The van der Waals surface area contributed by atoms with Crippen LogP contribution >= 0.6 is 0 Å². The van der Waals surface area contributed by atoms with Crippen LogP contribution in [0.25, 0.3) is 16.6 Å². The third-order valence-electron chi connectivity index (χ3n) is 5.99. The smallest absolute Gasteiger partial charge is 0.475 e. The molecule has 1 amide bonds. The third kappa shape index (κ3) is 5.74. The van der Waals surface area contributed by atoms with Gasteiger partial charge >= 0.3 is 12.1 Å². The molecule has 37 heavy (non-hydrogen) atoms. The van der Waals surface area contributed by atoms with Crippen molar-refractivity contribution < 1.29 is 32.3 Å². The molecule has 0 unspecified atom stereocenters. The first-order valence-corrected chi connectivity index (χ1v) is 11.2. The lowest BCUT2D eigenvalue weighted by atomic mass is 10.1. The van der Waals surface area contributed by atoms with Crippen molar-refractivity contribution >= 4 is 23.1 Å². The van der Waals surface area contributed by atoms with Gasteiger partial charge in [0.2, 0.25) is 0 Å². The summed E-state index contributed by atoms with van der Waals surface area (Å²) in [5, 5.41) is 11.6. The van der Waals surface area contributed by atoms with Crippen LogP contribution in [0.1, 0.15) is 10.5 Å². The Morgan fingerprint density at radius 2 is 1.59 bits per heavy atom. The first-order valence-electron chi connectivity index (χ1n) is 11.2. The molecule has 1 fully saturated rings. The number of alkyl halides is 3. The molecule has 12 heteroatoms. The predicted molar refractivity (Wildman–Crippen MR) is 128 cm³/mol. The largest absolute Gasteiger partial charge is 0.490 e. The highest BCUT2D eigenvalue weighted by molar-refractivity contribution is 5.93. The average molecular weight is 517 g/mol. The van der Waals surface area contributed by atoms with Crippen molar-refractivity contribution in [2.75, 3.05) is 31.1 Å². The summed E-state index contributed by atoms with van der Waals surface area (Å²) in [6.07, 6.45) is 0.604. The summed E-state index contributed by atoms with van der Waals surface area (Å²) in [5.41, 5.74) is 4.73. The summed E-state index contributed by atoms with van der Waals surface area (Å²) in [7, 11) is 1.89. The molecule has 8 nitrogen and oxygen atoms in total. The molecule has 0 spiro atoms. The van der Waals surface area contributed by atoms with Gasteiger partial charge < -0.3 is 19.5 Å². The average Bonchev–Trinajstić information content (AvgIpc) is 3.49. The van der Waals surface area contributed by atoms with Crippen molar-refractivity contribution in [3.8, 4) is 11.1 Å². The van der Waals surface area contributed by atoms with Gasteiger partial charge in [-0.25, -0.2) is 13.7 Å². The fraction of sp³-hybridized carbons (Fsp3) is 0.240. The van der Waals surface area contributed by atoms with Crippen molar-refractivity contribution in [3.63, 3.8) is 0 Å². The highest BCUT2D eigenvalue weighted by Gasteiger charge is 2.38. The molecule has 3 aromatic heterocycles. The van der Waals surface area contributed by atoms with E-state index in [1.54, 1.807) is 12.1 Å². The number of nitrogens with zero attached hydrogens (tertiary/aromatic N) is 5. The van der Waals surface area contributed by atoms with Gasteiger partial charge in [-0.05, 0) is 47.5 Å². The number of rotatable bonds is 3. The first-order chi connectivity index (χ1) is 17.5. The Kier molecular flexibility index (Phi) is 7.18. The maximum atomic E-state index is 13.3. The Morgan fingerprint density at radius 3 is 2.16 bits per heavy atom. The quantitative estimate of drug-likeness (QED) is 0.415. The van der Waals surface area contributed by atoms with Crippen LogP contribution in [0.4, 0.5) is 23.2 Å². The van der Waals surface area contributed by atoms with E-state index in [4.69, 9.17) is 9.90 Å². The molecule has 0 aliphatic carbocycles. The van der Waals surface area contributed by atoms with E-state index in [9.17, 15) is 22.4 Å². The Balaban J connectivity index is 0.000000405. The summed E-state index contributed by atoms with van der Waals surface area (Å²) >= 11 is 0. The molecule has 0 radical (unpaired) electrons. The molecule has 1 saturated heterocycles. The van der Waals surface area contributed by atoms with E-state index in [1.807, 2.05) is 57.8 Å². The van der Waals surface area contributed by atoms with E-state index in [0.29, 0.717) is 18.8 Å². The van der Waals surface area contributed by atoms with Gasteiger partial charge in [0.05, 0.1) is 17.4 Å². The normalized spacial score (nSPS) is 13.9. The summed E-state index contributed by atoms with van der Waals surface area (Å²) in [5.74, 6) is -2.93. The maximum Gasteiger partial charge on any atom is 0.490 e. The second-order valence-electron chi connectivity index (χ2n) is 8.37. The number of aliphatic carboxylic acids is 1. The second kappa shape index (κ2) is 10.3. The molecule has 4 aromatic rings. The van der Waals surface area contributed by atoms with Gasteiger partial charge in [0, 0.05) is 45.6 Å². The van der Waals surface area contributed by atoms with Gasteiger partial charge in [0.1, 0.15) is 11.5 Å². The van der Waals surface area contributed by atoms with Gasteiger partial charge in [0.25, 0.3) is 5.91 Å². The van der Waals surface area contributed by atoms with Gasteiger partial charge in [0.15, 0.2) is 0 Å². The number of aryl methyl sites for hydroxylation is 1. The Labute approximate surface area is 208 Å². The zero-order valence-electron chi connectivity index (χ0n) is 19.7. The number of aromatic nitrogens is 3. The van der Waals surface area contributed by atoms with Crippen LogP contribution < -0.4 is 4.90 Å². The second-order valence-corrected chi connectivity index (χ2v) is 8.37. The minimum absolute atomic E-state index is 0.0700. The van der Waals surface area contributed by atoms with Crippen LogP contribution in [0.5, 0.6) is 0 Å². The predicted octanol–water partition coefficient (Wildman–Crippen LogP) is 4.07. The van der Waals surface area contributed by atoms with Crippen molar-refractivity contribution in [2.45, 2.75) is 6.18 Å². The summed E-state index contributed by atoms with van der Waals surface area (Å²) < 4.78 is 48.7. The number of carboxylic acid groups (broad SMARTS) is 1. The van der Waals surface area contributed by atoms with Gasteiger partial charge in [-0.1, -0.05) is 12.1 Å². The van der Waals surface area contributed by atoms with Crippen LogP contribution in [0, 0.1) is 5.82 Å². The first kappa shape index (κ1) is 25.7. The van der Waals surface area contributed by atoms with Crippen LogP contribution in [0.15, 0.2) is 67.1 Å². The molecule has 1 aromatic carbocycles. The lowest BCUT2D eigenvalue weighted by molar-refractivity contribution is -0.192. The molecule has 0 saturated carbocycles. The van der Waals surface area contributed by atoms with Gasteiger partial charge in [-0.15, -0.1) is 0 Å². The number of amides is 1. The number of carboxylic acids is 1. The Bertz CT molecular complexity index is 1400.